The molecule has 0 bridgehead atoms. The third kappa shape index (κ3) is 5.16. The minimum Gasteiger partial charge on any atom is -0.383 e. The molecule has 0 aliphatic rings. The first-order valence-electron chi connectivity index (χ1n) is 7.39. The van der Waals surface area contributed by atoms with Gasteiger partial charge >= 0.3 is 0 Å². The van der Waals surface area contributed by atoms with Gasteiger partial charge in [0.2, 0.25) is 0 Å². The van der Waals surface area contributed by atoms with E-state index in [2.05, 4.69) is 58.9 Å². The minimum absolute atomic E-state index is 0.752. The monoisotopic (exact) mass is 304 g/mol. The van der Waals surface area contributed by atoms with E-state index in [0.717, 1.165) is 32.8 Å². The summed E-state index contributed by atoms with van der Waals surface area (Å²) >= 11 is 1.82. The van der Waals surface area contributed by atoms with Crippen LogP contribution in [0.3, 0.4) is 0 Å². The van der Waals surface area contributed by atoms with Crippen molar-refractivity contribution < 1.29 is 4.74 Å². The van der Waals surface area contributed by atoms with E-state index >= 15 is 0 Å². The Morgan fingerprint density at radius 2 is 2.00 bits per heavy atom. The molecule has 0 saturated heterocycles. The van der Waals surface area contributed by atoms with E-state index in [1.807, 2.05) is 11.3 Å². The summed E-state index contributed by atoms with van der Waals surface area (Å²) in [5, 5.41) is 5.50. The molecule has 2 aromatic rings. The van der Waals surface area contributed by atoms with Gasteiger partial charge in [-0.25, -0.2) is 0 Å². The summed E-state index contributed by atoms with van der Waals surface area (Å²) in [6.45, 7) is 6.73. The number of methoxy groups -OCH3 is 1. The molecular weight excluding hydrogens is 280 g/mol. The van der Waals surface area contributed by atoms with Gasteiger partial charge in [-0.15, -0.1) is 11.3 Å². The molecule has 0 aliphatic heterocycles. The molecule has 0 atom stereocenters. The zero-order valence-corrected chi connectivity index (χ0v) is 13.7. The molecule has 0 amide bonds. The van der Waals surface area contributed by atoms with E-state index in [-0.39, 0.29) is 0 Å². The molecule has 1 aromatic carbocycles. The van der Waals surface area contributed by atoms with Crippen molar-refractivity contribution in [3.8, 4) is 0 Å². The first-order valence-corrected chi connectivity index (χ1v) is 8.27. The molecule has 0 fully saturated rings. The second-order valence-electron chi connectivity index (χ2n) is 4.93. The summed E-state index contributed by atoms with van der Waals surface area (Å²) in [7, 11) is 1.73. The summed E-state index contributed by atoms with van der Waals surface area (Å²) in [5.41, 5.74) is 2.59. The van der Waals surface area contributed by atoms with Gasteiger partial charge in [0.15, 0.2) is 0 Å². The summed E-state index contributed by atoms with van der Waals surface area (Å²) in [6, 6.07) is 13.1. The maximum Gasteiger partial charge on any atom is 0.0587 e. The largest absolute Gasteiger partial charge is 0.383 e. The Hall–Kier alpha value is -1.36. The highest BCUT2D eigenvalue weighted by Crippen LogP contribution is 2.20. The van der Waals surface area contributed by atoms with Gasteiger partial charge < -0.3 is 15.0 Å². The summed E-state index contributed by atoms with van der Waals surface area (Å²) in [5.74, 6) is 0. The Morgan fingerprint density at radius 3 is 2.62 bits per heavy atom. The molecule has 1 aromatic heterocycles. The van der Waals surface area contributed by atoms with E-state index in [9.17, 15) is 0 Å². The Labute approximate surface area is 131 Å². The maximum atomic E-state index is 5.03. The summed E-state index contributed by atoms with van der Waals surface area (Å²) in [4.78, 5) is 3.80. The number of benzene rings is 1. The predicted octanol–water partition coefficient (Wildman–Crippen LogP) is 3.51. The van der Waals surface area contributed by atoms with Crippen LogP contribution in [0.1, 0.15) is 17.4 Å². The van der Waals surface area contributed by atoms with Gasteiger partial charge in [0, 0.05) is 37.3 Å². The normalized spacial score (nSPS) is 10.8. The number of rotatable bonds is 9. The van der Waals surface area contributed by atoms with Crippen molar-refractivity contribution >= 4 is 17.0 Å². The van der Waals surface area contributed by atoms with Crippen molar-refractivity contribution in [2.75, 3.05) is 31.7 Å². The quantitative estimate of drug-likeness (QED) is 0.718. The van der Waals surface area contributed by atoms with Crippen LogP contribution < -0.4 is 10.2 Å². The van der Waals surface area contributed by atoms with E-state index in [1.54, 1.807) is 7.11 Å². The van der Waals surface area contributed by atoms with Crippen LogP contribution in [0.4, 0.5) is 5.69 Å². The van der Waals surface area contributed by atoms with Gasteiger partial charge in [0.25, 0.3) is 0 Å². The van der Waals surface area contributed by atoms with E-state index in [0.29, 0.717) is 0 Å². The highest BCUT2D eigenvalue weighted by Gasteiger charge is 2.06. The van der Waals surface area contributed by atoms with E-state index in [4.69, 9.17) is 4.74 Å². The molecule has 0 spiro atoms. The highest BCUT2D eigenvalue weighted by atomic mass is 32.1. The first-order chi connectivity index (χ1) is 10.3. The molecule has 114 valence electrons. The van der Waals surface area contributed by atoms with Crippen molar-refractivity contribution in [3.63, 3.8) is 0 Å². The molecule has 0 radical (unpaired) electrons. The summed E-state index contributed by atoms with van der Waals surface area (Å²) in [6.07, 6.45) is 0. The van der Waals surface area contributed by atoms with Gasteiger partial charge in [-0.1, -0.05) is 18.2 Å². The van der Waals surface area contributed by atoms with Crippen LogP contribution in [-0.4, -0.2) is 26.8 Å². The lowest BCUT2D eigenvalue weighted by Crippen LogP contribution is -2.21. The number of ether oxygens (including phenoxy) is 1. The number of nitrogens with one attached hydrogen (secondary N) is 1. The zero-order chi connectivity index (χ0) is 14.9. The maximum absolute atomic E-state index is 5.03. The lowest BCUT2D eigenvalue weighted by molar-refractivity contribution is 0.199. The van der Waals surface area contributed by atoms with Crippen LogP contribution in [0.15, 0.2) is 41.8 Å². The number of hydrogen-bond donors (Lipinski definition) is 1. The van der Waals surface area contributed by atoms with Crippen molar-refractivity contribution in [1.82, 2.24) is 5.32 Å². The number of hydrogen-bond acceptors (Lipinski definition) is 4. The smallest absolute Gasteiger partial charge is 0.0587 e. The Kier molecular flexibility index (Phi) is 6.73. The van der Waals surface area contributed by atoms with Crippen molar-refractivity contribution in [2.45, 2.75) is 20.0 Å². The van der Waals surface area contributed by atoms with Crippen LogP contribution >= 0.6 is 11.3 Å². The Balaban J connectivity index is 1.90. The van der Waals surface area contributed by atoms with Crippen LogP contribution in [-0.2, 0) is 17.8 Å². The molecule has 0 saturated carbocycles. The van der Waals surface area contributed by atoms with Gasteiger partial charge in [0.1, 0.15) is 0 Å². The average Bonchev–Trinajstić information content (AvgIpc) is 3.03. The second-order valence-corrected chi connectivity index (χ2v) is 5.96. The van der Waals surface area contributed by atoms with E-state index < -0.39 is 0 Å². The second kappa shape index (κ2) is 8.82. The SMILES string of the molecule is CCN(Cc1cccs1)c1ccc(CNCCOC)cc1. The van der Waals surface area contributed by atoms with Crippen molar-refractivity contribution in [3.05, 3.63) is 52.2 Å². The summed E-state index contributed by atoms with van der Waals surface area (Å²) < 4.78 is 5.03. The fourth-order valence-corrected chi connectivity index (χ4v) is 2.93. The number of nitrogens with zero attached hydrogens (tertiary/aromatic N) is 1. The molecule has 2 rings (SSSR count). The fraction of sp³-hybridized carbons (Fsp3) is 0.412. The standard InChI is InChI=1S/C17H24N2OS/c1-3-19(14-17-5-4-12-21-17)16-8-6-15(7-9-16)13-18-10-11-20-2/h4-9,12,18H,3,10-11,13-14H2,1-2H3. The van der Waals surface area contributed by atoms with Gasteiger partial charge in [-0.3, -0.25) is 0 Å². The third-order valence-electron chi connectivity index (χ3n) is 3.42. The van der Waals surface area contributed by atoms with Crippen molar-refractivity contribution in [1.29, 1.82) is 0 Å². The van der Waals surface area contributed by atoms with Crippen LogP contribution in [0.25, 0.3) is 0 Å². The molecule has 0 unspecified atom stereocenters. The zero-order valence-electron chi connectivity index (χ0n) is 12.8. The lowest BCUT2D eigenvalue weighted by Gasteiger charge is -2.22. The van der Waals surface area contributed by atoms with Crippen molar-refractivity contribution in [2.24, 2.45) is 0 Å². The van der Waals surface area contributed by atoms with Gasteiger partial charge in [-0.05, 0) is 36.1 Å². The fourth-order valence-electron chi connectivity index (χ4n) is 2.21. The Morgan fingerprint density at radius 1 is 1.19 bits per heavy atom. The average molecular weight is 304 g/mol. The van der Waals surface area contributed by atoms with Crippen LogP contribution in [0, 0.1) is 0 Å². The minimum atomic E-state index is 0.752. The molecule has 0 aliphatic carbocycles. The molecule has 1 N–H and O–H groups in total. The van der Waals surface area contributed by atoms with Gasteiger partial charge in [-0.2, -0.15) is 0 Å². The topological polar surface area (TPSA) is 24.5 Å². The molecular formula is C17H24N2OS. The molecule has 3 nitrogen and oxygen atoms in total. The van der Waals surface area contributed by atoms with Gasteiger partial charge in [0.05, 0.1) is 13.2 Å². The number of anilines is 1. The lowest BCUT2D eigenvalue weighted by atomic mass is 10.2. The van der Waals surface area contributed by atoms with Crippen LogP contribution in [0.5, 0.6) is 0 Å². The van der Waals surface area contributed by atoms with Crippen LogP contribution in [0.2, 0.25) is 0 Å². The highest BCUT2D eigenvalue weighted by molar-refractivity contribution is 7.09. The molecule has 21 heavy (non-hydrogen) atoms. The first kappa shape index (κ1) is 16.0. The molecule has 4 heteroatoms. The Bertz CT molecular complexity index is 496. The predicted molar refractivity (Wildman–Crippen MR) is 91.1 cm³/mol. The van der Waals surface area contributed by atoms with E-state index in [1.165, 1.54) is 16.1 Å². The third-order valence-corrected chi connectivity index (χ3v) is 4.28. The molecule has 1 heterocycles. The number of thiophene rings is 1.